The number of carboxylic acid groups (broad SMARTS) is 1. The molecule has 2 rings (SSSR count). The van der Waals surface area contributed by atoms with E-state index in [4.69, 9.17) is 9.84 Å². The van der Waals surface area contributed by atoms with Crippen LogP contribution < -0.4 is 10.1 Å². The van der Waals surface area contributed by atoms with Crippen molar-refractivity contribution in [1.29, 1.82) is 0 Å². The highest BCUT2D eigenvalue weighted by Gasteiger charge is 2.02. The summed E-state index contributed by atoms with van der Waals surface area (Å²) in [6, 6.07) is 12.4. The van der Waals surface area contributed by atoms with Gasteiger partial charge in [0.05, 0.1) is 5.56 Å². The molecular formula is C16H16BrNO3. The van der Waals surface area contributed by atoms with Crippen LogP contribution in [-0.4, -0.2) is 24.2 Å². The molecule has 2 aromatic rings. The molecule has 110 valence electrons. The fourth-order valence-corrected chi connectivity index (χ4v) is 2.06. The highest BCUT2D eigenvalue weighted by atomic mass is 79.9. The third-order valence-corrected chi connectivity index (χ3v) is 3.85. The molecule has 0 atom stereocenters. The van der Waals surface area contributed by atoms with Crippen molar-refractivity contribution < 1.29 is 14.6 Å². The zero-order chi connectivity index (χ0) is 15.2. The van der Waals surface area contributed by atoms with Gasteiger partial charge in [-0.15, -0.1) is 0 Å². The summed E-state index contributed by atoms with van der Waals surface area (Å²) in [4.78, 5) is 10.7. The Morgan fingerprint density at radius 2 is 1.95 bits per heavy atom. The Bertz CT molecular complexity index is 626. The van der Waals surface area contributed by atoms with Crippen molar-refractivity contribution in [2.24, 2.45) is 0 Å². The average Bonchev–Trinajstić information content (AvgIpc) is 2.47. The molecule has 0 aliphatic carbocycles. The molecule has 5 heteroatoms. The maximum absolute atomic E-state index is 10.7. The van der Waals surface area contributed by atoms with Crippen molar-refractivity contribution in [2.75, 3.05) is 18.5 Å². The van der Waals surface area contributed by atoms with Gasteiger partial charge in [-0.05, 0) is 55.0 Å². The quantitative estimate of drug-likeness (QED) is 0.775. The SMILES string of the molecule is Cc1cc(NCCOc2ccc(C(=O)O)cc2)ccc1Br. The minimum absolute atomic E-state index is 0.255. The third-order valence-electron chi connectivity index (χ3n) is 2.96. The number of rotatable bonds is 6. The number of aryl methyl sites for hydroxylation is 1. The van der Waals surface area contributed by atoms with E-state index >= 15 is 0 Å². The molecule has 4 nitrogen and oxygen atoms in total. The zero-order valence-electron chi connectivity index (χ0n) is 11.6. The minimum Gasteiger partial charge on any atom is -0.492 e. The van der Waals surface area contributed by atoms with Gasteiger partial charge in [-0.25, -0.2) is 4.79 Å². The van der Waals surface area contributed by atoms with E-state index in [2.05, 4.69) is 27.3 Å². The predicted molar refractivity (Wildman–Crippen MR) is 86.3 cm³/mol. The number of aromatic carboxylic acids is 1. The van der Waals surface area contributed by atoms with Crippen LogP contribution in [0.4, 0.5) is 5.69 Å². The van der Waals surface area contributed by atoms with Crippen LogP contribution in [0.15, 0.2) is 46.9 Å². The summed E-state index contributed by atoms with van der Waals surface area (Å²) < 4.78 is 6.64. The molecule has 2 aromatic carbocycles. The lowest BCUT2D eigenvalue weighted by atomic mass is 10.2. The Morgan fingerprint density at radius 1 is 1.24 bits per heavy atom. The fraction of sp³-hybridized carbons (Fsp3) is 0.188. The Hall–Kier alpha value is -2.01. The molecular weight excluding hydrogens is 334 g/mol. The smallest absolute Gasteiger partial charge is 0.335 e. The molecule has 0 radical (unpaired) electrons. The first kappa shape index (κ1) is 15.4. The van der Waals surface area contributed by atoms with E-state index in [1.54, 1.807) is 12.1 Å². The molecule has 0 spiro atoms. The van der Waals surface area contributed by atoms with Crippen LogP contribution in [0, 0.1) is 6.92 Å². The Balaban J connectivity index is 1.79. The summed E-state index contributed by atoms with van der Waals surface area (Å²) in [5.74, 6) is -0.275. The van der Waals surface area contributed by atoms with E-state index in [1.165, 1.54) is 17.7 Å². The van der Waals surface area contributed by atoms with Crippen molar-refractivity contribution in [3.63, 3.8) is 0 Å². The van der Waals surface area contributed by atoms with E-state index < -0.39 is 5.97 Å². The Kier molecular flexibility index (Phi) is 5.22. The van der Waals surface area contributed by atoms with E-state index in [0.29, 0.717) is 18.9 Å². The molecule has 0 aliphatic heterocycles. The summed E-state index contributed by atoms with van der Waals surface area (Å²) in [6.07, 6.45) is 0. The lowest BCUT2D eigenvalue weighted by Gasteiger charge is -2.10. The molecule has 0 bridgehead atoms. The number of anilines is 1. The van der Waals surface area contributed by atoms with Crippen LogP contribution in [0.3, 0.4) is 0 Å². The second kappa shape index (κ2) is 7.13. The monoisotopic (exact) mass is 349 g/mol. The Labute approximate surface area is 131 Å². The predicted octanol–water partition coefficient (Wildman–Crippen LogP) is 3.95. The number of hydrogen-bond donors (Lipinski definition) is 2. The summed E-state index contributed by atoms with van der Waals surface area (Å²) in [7, 11) is 0. The van der Waals surface area contributed by atoms with Gasteiger partial charge in [0.15, 0.2) is 0 Å². The summed E-state index contributed by atoms with van der Waals surface area (Å²) >= 11 is 3.46. The number of carboxylic acids is 1. The van der Waals surface area contributed by atoms with Crippen LogP contribution in [0.5, 0.6) is 5.75 Å². The van der Waals surface area contributed by atoms with Gasteiger partial charge in [-0.3, -0.25) is 0 Å². The molecule has 0 heterocycles. The van der Waals surface area contributed by atoms with Gasteiger partial charge >= 0.3 is 5.97 Å². The molecule has 0 fully saturated rings. The van der Waals surface area contributed by atoms with Crippen LogP contribution >= 0.6 is 15.9 Å². The van der Waals surface area contributed by atoms with Crippen LogP contribution in [0.1, 0.15) is 15.9 Å². The van der Waals surface area contributed by atoms with Crippen LogP contribution in [-0.2, 0) is 0 Å². The molecule has 21 heavy (non-hydrogen) atoms. The maximum atomic E-state index is 10.7. The minimum atomic E-state index is -0.936. The first-order valence-electron chi connectivity index (χ1n) is 6.52. The van der Waals surface area contributed by atoms with Crippen LogP contribution in [0.2, 0.25) is 0 Å². The number of benzene rings is 2. The lowest BCUT2D eigenvalue weighted by Crippen LogP contribution is -2.11. The molecule has 0 unspecified atom stereocenters. The van der Waals surface area contributed by atoms with E-state index in [1.807, 2.05) is 19.1 Å². The zero-order valence-corrected chi connectivity index (χ0v) is 13.2. The highest BCUT2D eigenvalue weighted by molar-refractivity contribution is 9.10. The number of halogens is 1. The third kappa shape index (κ3) is 4.49. The van der Waals surface area contributed by atoms with Gasteiger partial charge in [-0.1, -0.05) is 15.9 Å². The van der Waals surface area contributed by atoms with Crippen molar-refractivity contribution >= 4 is 27.6 Å². The fourth-order valence-electron chi connectivity index (χ4n) is 1.81. The summed E-state index contributed by atoms with van der Waals surface area (Å²) in [6.45, 7) is 3.21. The number of nitrogens with one attached hydrogen (secondary N) is 1. The molecule has 0 saturated heterocycles. The summed E-state index contributed by atoms with van der Waals surface area (Å²) in [5, 5.41) is 12.1. The molecule has 0 aliphatic rings. The molecule has 2 N–H and O–H groups in total. The topological polar surface area (TPSA) is 58.6 Å². The number of ether oxygens (including phenoxy) is 1. The average molecular weight is 350 g/mol. The van der Waals surface area contributed by atoms with Crippen LogP contribution in [0.25, 0.3) is 0 Å². The second-order valence-electron chi connectivity index (χ2n) is 4.57. The number of hydrogen-bond acceptors (Lipinski definition) is 3. The molecule has 0 amide bonds. The first-order valence-corrected chi connectivity index (χ1v) is 7.32. The van der Waals surface area contributed by atoms with Crippen molar-refractivity contribution in [3.05, 3.63) is 58.1 Å². The van der Waals surface area contributed by atoms with Crippen molar-refractivity contribution in [1.82, 2.24) is 0 Å². The molecule has 0 saturated carbocycles. The van der Waals surface area contributed by atoms with Gasteiger partial charge in [0.1, 0.15) is 12.4 Å². The van der Waals surface area contributed by atoms with Gasteiger partial charge in [0.25, 0.3) is 0 Å². The van der Waals surface area contributed by atoms with Gasteiger partial charge in [-0.2, -0.15) is 0 Å². The standard InChI is InChI=1S/C16H16BrNO3/c1-11-10-13(4-7-15(11)17)18-8-9-21-14-5-2-12(3-6-14)16(19)20/h2-7,10,18H,8-9H2,1H3,(H,19,20). The van der Waals surface area contributed by atoms with Crippen molar-refractivity contribution in [3.8, 4) is 5.75 Å². The lowest BCUT2D eigenvalue weighted by molar-refractivity contribution is 0.0697. The van der Waals surface area contributed by atoms with Gasteiger partial charge in [0.2, 0.25) is 0 Å². The van der Waals surface area contributed by atoms with E-state index in [9.17, 15) is 4.79 Å². The first-order chi connectivity index (χ1) is 10.1. The summed E-state index contributed by atoms with van der Waals surface area (Å²) in [5.41, 5.74) is 2.47. The molecule has 0 aromatic heterocycles. The maximum Gasteiger partial charge on any atom is 0.335 e. The van der Waals surface area contributed by atoms with E-state index in [-0.39, 0.29) is 5.56 Å². The highest BCUT2D eigenvalue weighted by Crippen LogP contribution is 2.19. The largest absolute Gasteiger partial charge is 0.492 e. The van der Waals surface area contributed by atoms with Gasteiger partial charge < -0.3 is 15.2 Å². The Morgan fingerprint density at radius 3 is 2.57 bits per heavy atom. The normalized spacial score (nSPS) is 10.2. The van der Waals surface area contributed by atoms with E-state index in [0.717, 1.165) is 10.2 Å². The van der Waals surface area contributed by atoms with Crippen molar-refractivity contribution in [2.45, 2.75) is 6.92 Å². The number of carbonyl (C=O) groups is 1. The second-order valence-corrected chi connectivity index (χ2v) is 5.42. The van der Waals surface area contributed by atoms with Gasteiger partial charge in [0, 0.05) is 16.7 Å².